The Morgan fingerprint density at radius 3 is 2.70 bits per heavy atom. The van der Waals surface area contributed by atoms with Gasteiger partial charge in [0, 0.05) is 19.1 Å². The van der Waals surface area contributed by atoms with Gasteiger partial charge in [-0.3, -0.25) is 13.2 Å². The Bertz CT molecular complexity index is 353. The molecule has 4 unspecified atom stereocenters. The average Bonchev–Trinajstić information content (AvgIpc) is 2.41. The number of piperidine rings is 1. The summed E-state index contributed by atoms with van der Waals surface area (Å²) in [7, 11) is 1.76. The largest absolute Gasteiger partial charge is 0.384 e. The molecule has 0 aromatic carbocycles. The van der Waals surface area contributed by atoms with Crippen molar-refractivity contribution in [3.8, 4) is 0 Å². The van der Waals surface area contributed by atoms with Crippen LogP contribution in [0.1, 0.15) is 39.5 Å². The van der Waals surface area contributed by atoms with Gasteiger partial charge in [-0.15, -0.1) is 0 Å². The second-order valence-electron chi connectivity index (χ2n) is 6.76. The molecule has 0 aromatic rings. The third-order valence-electron chi connectivity index (χ3n) is 5.36. The molecule has 1 aliphatic carbocycles. The van der Waals surface area contributed by atoms with Crippen LogP contribution in [0.2, 0.25) is 0 Å². The molecule has 4 atom stereocenters. The Labute approximate surface area is 136 Å². The Morgan fingerprint density at radius 2 is 2.20 bits per heavy atom. The highest BCUT2D eigenvalue weighted by Crippen LogP contribution is 2.45. The average molecular weight is 394 g/mol. The first-order valence-electron chi connectivity index (χ1n) is 7.68. The Morgan fingerprint density at radius 1 is 1.45 bits per heavy atom. The van der Waals surface area contributed by atoms with E-state index in [2.05, 4.69) is 22.3 Å². The summed E-state index contributed by atoms with van der Waals surface area (Å²) in [5.41, 5.74) is 0.134. The van der Waals surface area contributed by atoms with E-state index in [4.69, 9.17) is 4.74 Å². The number of carbonyl (C=O) groups is 1. The van der Waals surface area contributed by atoms with Crippen molar-refractivity contribution in [1.82, 2.24) is 8.43 Å². The Kier molecular flexibility index (Phi) is 5.71. The van der Waals surface area contributed by atoms with Gasteiger partial charge in [0.1, 0.15) is 0 Å². The van der Waals surface area contributed by atoms with E-state index >= 15 is 0 Å². The number of hydrogen-bond acceptors (Lipinski definition) is 3. The number of nitrogens with one attached hydrogen (secondary N) is 1. The van der Waals surface area contributed by atoms with Crippen molar-refractivity contribution in [2.45, 2.75) is 45.6 Å². The van der Waals surface area contributed by atoms with Gasteiger partial charge in [0.15, 0.2) is 0 Å². The molecule has 1 saturated carbocycles. The molecule has 0 spiro atoms. The molecule has 0 aromatic heterocycles. The maximum atomic E-state index is 12.3. The van der Waals surface area contributed by atoms with Gasteiger partial charge in [0.2, 0.25) is 5.91 Å². The lowest BCUT2D eigenvalue weighted by atomic mass is 9.65. The predicted molar refractivity (Wildman–Crippen MR) is 88.6 cm³/mol. The van der Waals surface area contributed by atoms with E-state index < -0.39 is 0 Å². The molecular weight excluding hydrogens is 367 g/mol. The van der Waals surface area contributed by atoms with E-state index in [1.807, 2.05) is 22.9 Å². The summed E-state index contributed by atoms with van der Waals surface area (Å²) in [6.07, 6.45) is 4.85. The highest BCUT2D eigenvalue weighted by atomic mass is 127. The number of carbonyl (C=O) groups excluding carboxylic acids is 1. The molecule has 5 heteroatoms. The number of hydrogen-bond donors (Lipinski definition) is 1. The molecule has 116 valence electrons. The monoisotopic (exact) mass is 394 g/mol. The summed E-state index contributed by atoms with van der Waals surface area (Å²) in [5.74, 6) is 1.54. The maximum absolute atomic E-state index is 12.3. The molecule has 20 heavy (non-hydrogen) atoms. The molecule has 1 N–H and O–H groups in total. The fraction of sp³-hybridized carbons (Fsp3) is 0.933. The van der Waals surface area contributed by atoms with Crippen molar-refractivity contribution >= 4 is 28.8 Å². The van der Waals surface area contributed by atoms with Crippen LogP contribution in [0.25, 0.3) is 0 Å². The van der Waals surface area contributed by atoms with Crippen LogP contribution in [0.4, 0.5) is 0 Å². The van der Waals surface area contributed by atoms with Crippen molar-refractivity contribution in [3.63, 3.8) is 0 Å². The van der Waals surface area contributed by atoms with Crippen molar-refractivity contribution in [2.24, 2.45) is 17.3 Å². The van der Waals surface area contributed by atoms with Crippen molar-refractivity contribution in [1.29, 1.82) is 0 Å². The molecule has 0 radical (unpaired) electrons. The van der Waals surface area contributed by atoms with Crippen LogP contribution in [0.3, 0.4) is 0 Å². The highest BCUT2D eigenvalue weighted by molar-refractivity contribution is 14.1. The lowest BCUT2D eigenvalue weighted by Crippen LogP contribution is -2.60. The molecule has 1 aliphatic heterocycles. The van der Waals surface area contributed by atoms with Gasteiger partial charge < -0.3 is 4.74 Å². The number of amides is 1. The minimum absolute atomic E-state index is 0.0714. The second kappa shape index (κ2) is 6.92. The van der Waals surface area contributed by atoms with E-state index in [0.717, 1.165) is 32.0 Å². The SMILES string of the molecule is CCC(C)(COC)CN1CCC2CCC2C1C(=O)NI. The molecule has 2 rings (SSSR count). The van der Waals surface area contributed by atoms with Gasteiger partial charge in [-0.1, -0.05) is 13.8 Å². The van der Waals surface area contributed by atoms with E-state index in [1.165, 1.54) is 19.3 Å². The Hall–Kier alpha value is 0.120. The topological polar surface area (TPSA) is 41.6 Å². The van der Waals surface area contributed by atoms with Gasteiger partial charge >= 0.3 is 0 Å². The summed E-state index contributed by atoms with van der Waals surface area (Å²) < 4.78 is 8.24. The first-order chi connectivity index (χ1) is 9.54. The number of fused-ring (bicyclic) bond motifs is 1. The number of methoxy groups -OCH3 is 1. The van der Waals surface area contributed by atoms with Crippen LogP contribution in [0.15, 0.2) is 0 Å². The molecule has 1 amide bonds. The van der Waals surface area contributed by atoms with Crippen LogP contribution in [-0.2, 0) is 9.53 Å². The number of halogens is 1. The summed E-state index contributed by atoms with van der Waals surface area (Å²) in [6, 6.07) is 0.0714. The molecule has 2 fully saturated rings. The summed E-state index contributed by atoms with van der Waals surface area (Å²) in [4.78, 5) is 14.7. The van der Waals surface area contributed by atoms with Gasteiger partial charge in [0.05, 0.1) is 35.5 Å². The van der Waals surface area contributed by atoms with Crippen molar-refractivity contribution in [3.05, 3.63) is 0 Å². The highest BCUT2D eigenvalue weighted by Gasteiger charge is 2.47. The van der Waals surface area contributed by atoms with Crippen LogP contribution in [-0.4, -0.2) is 43.7 Å². The fourth-order valence-corrected chi connectivity index (χ4v) is 4.12. The number of nitrogens with zero attached hydrogens (tertiary/aromatic N) is 1. The lowest BCUT2D eigenvalue weighted by molar-refractivity contribution is -0.134. The zero-order valence-corrected chi connectivity index (χ0v) is 15.0. The van der Waals surface area contributed by atoms with Gasteiger partial charge in [0.25, 0.3) is 0 Å². The van der Waals surface area contributed by atoms with E-state index in [0.29, 0.717) is 5.92 Å². The summed E-state index contributed by atoms with van der Waals surface area (Å²) >= 11 is 1.98. The van der Waals surface area contributed by atoms with E-state index in [-0.39, 0.29) is 17.4 Å². The molecular formula is C15H27IN2O2. The minimum Gasteiger partial charge on any atom is -0.384 e. The predicted octanol–water partition coefficient (Wildman–Crippen LogP) is 2.62. The van der Waals surface area contributed by atoms with Crippen LogP contribution < -0.4 is 3.53 Å². The van der Waals surface area contributed by atoms with Crippen molar-refractivity contribution < 1.29 is 9.53 Å². The molecule has 0 bridgehead atoms. The molecule has 1 saturated heterocycles. The second-order valence-corrected chi connectivity index (χ2v) is 7.30. The zero-order valence-electron chi connectivity index (χ0n) is 12.8. The third kappa shape index (κ3) is 3.30. The fourth-order valence-electron chi connectivity index (χ4n) is 3.80. The quantitative estimate of drug-likeness (QED) is 0.556. The zero-order chi connectivity index (χ0) is 14.8. The van der Waals surface area contributed by atoms with Gasteiger partial charge in [-0.25, -0.2) is 0 Å². The lowest BCUT2D eigenvalue weighted by Gasteiger charge is -2.52. The smallest absolute Gasteiger partial charge is 0.246 e. The number of rotatable bonds is 6. The minimum atomic E-state index is 0.0714. The summed E-state index contributed by atoms with van der Waals surface area (Å²) in [5, 5.41) is 0. The normalized spacial score (nSPS) is 32.9. The maximum Gasteiger partial charge on any atom is 0.246 e. The number of ether oxygens (including phenoxy) is 1. The molecule has 1 heterocycles. The standard InChI is InChI=1S/C15H27IN2O2/c1-4-15(2,10-20-3)9-18-8-7-11-5-6-12(11)13(18)14(19)17-16/h11-13H,4-10H2,1-3H3,(H,17,19). The van der Waals surface area contributed by atoms with E-state index in [9.17, 15) is 4.79 Å². The van der Waals surface area contributed by atoms with Crippen LogP contribution in [0.5, 0.6) is 0 Å². The van der Waals surface area contributed by atoms with Crippen LogP contribution in [0, 0.1) is 17.3 Å². The number of likely N-dealkylation sites (tertiary alicyclic amines) is 1. The van der Waals surface area contributed by atoms with Gasteiger partial charge in [-0.2, -0.15) is 0 Å². The first kappa shape index (κ1) is 16.5. The van der Waals surface area contributed by atoms with Crippen LogP contribution >= 0.6 is 22.9 Å². The molecule has 4 nitrogen and oxygen atoms in total. The molecule has 2 aliphatic rings. The first-order valence-corrected chi connectivity index (χ1v) is 8.76. The van der Waals surface area contributed by atoms with Crippen molar-refractivity contribution in [2.75, 3.05) is 26.8 Å². The summed E-state index contributed by atoms with van der Waals surface area (Å²) in [6.45, 7) is 7.24. The van der Waals surface area contributed by atoms with Gasteiger partial charge in [-0.05, 0) is 44.1 Å². The Balaban J connectivity index is 2.09. The van der Waals surface area contributed by atoms with E-state index in [1.54, 1.807) is 7.11 Å². The third-order valence-corrected chi connectivity index (χ3v) is 5.89.